The molecule has 86 valence electrons. The first-order valence-electron chi connectivity index (χ1n) is 4.82. The van der Waals surface area contributed by atoms with Crippen molar-refractivity contribution in [1.82, 2.24) is 9.97 Å². The largest absolute Gasteiger partial charge is 0.481 e. The average Bonchev–Trinajstić information content (AvgIpc) is 2.30. The molecule has 0 saturated heterocycles. The minimum atomic E-state index is -0.977. The summed E-state index contributed by atoms with van der Waals surface area (Å²) in [6.07, 6.45) is 6.63. The molecule has 5 nitrogen and oxygen atoms in total. The highest BCUT2D eigenvalue weighted by Crippen LogP contribution is 2.24. The molecule has 0 fully saturated rings. The Morgan fingerprint density at radius 3 is 2.81 bits per heavy atom. The molecule has 1 rings (SSSR count). The van der Waals surface area contributed by atoms with Gasteiger partial charge in [0.2, 0.25) is 0 Å². The van der Waals surface area contributed by atoms with Crippen molar-refractivity contribution in [2.45, 2.75) is 18.1 Å². The van der Waals surface area contributed by atoms with Crippen LogP contribution >= 0.6 is 12.6 Å². The van der Waals surface area contributed by atoms with Crippen LogP contribution < -0.4 is 0 Å². The molecule has 0 radical (unpaired) electrons. The van der Waals surface area contributed by atoms with Gasteiger partial charge in [-0.3, -0.25) is 14.8 Å². The van der Waals surface area contributed by atoms with Crippen molar-refractivity contribution in [2.24, 2.45) is 5.92 Å². The van der Waals surface area contributed by atoms with Gasteiger partial charge in [0.15, 0.2) is 0 Å². The zero-order valence-corrected chi connectivity index (χ0v) is 9.47. The highest BCUT2D eigenvalue weighted by Gasteiger charge is 2.17. The van der Waals surface area contributed by atoms with Crippen LogP contribution in [0.3, 0.4) is 0 Å². The number of carboxylic acids is 1. The third kappa shape index (κ3) is 3.62. The molecule has 6 heteroatoms. The fraction of sp³-hybridized carbons (Fsp3) is 0.400. The van der Waals surface area contributed by atoms with Crippen LogP contribution in [0.25, 0.3) is 0 Å². The highest BCUT2D eigenvalue weighted by molar-refractivity contribution is 7.80. The van der Waals surface area contributed by atoms with E-state index in [0.29, 0.717) is 12.8 Å². The quantitative estimate of drug-likeness (QED) is 0.519. The van der Waals surface area contributed by atoms with Gasteiger partial charge in [0, 0.05) is 30.1 Å². The first kappa shape index (κ1) is 12.6. The minimum absolute atomic E-state index is 0.143. The summed E-state index contributed by atoms with van der Waals surface area (Å²) in [5.41, 5.74) is 0.722. The number of hydrogen-bond acceptors (Lipinski definition) is 5. The second-order valence-corrected chi connectivity index (χ2v) is 3.96. The molecule has 0 amide bonds. The topological polar surface area (TPSA) is 86.9 Å². The van der Waals surface area contributed by atoms with E-state index in [1.165, 1.54) is 0 Å². The summed E-state index contributed by atoms with van der Waals surface area (Å²) in [6, 6.07) is 0. The van der Waals surface area contributed by atoms with Gasteiger partial charge in [-0.05, 0) is 12.8 Å². The van der Waals surface area contributed by atoms with Crippen molar-refractivity contribution in [1.29, 1.82) is 5.41 Å². The smallest absolute Gasteiger partial charge is 0.311 e. The van der Waals surface area contributed by atoms with Crippen LogP contribution in [-0.4, -0.2) is 27.3 Å². The maximum Gasteiger partial charge on any atom is 0.311 e. The molecule has 0 aliphatic rings. The summed E-state index contributed by atoms with van der Waals surface area (Å²) < 4.78 is 0. The van der Waals surface area contributed by atoms with Crippen molar-refractivity contribution in [2.75, 3.05) is 0 Å². The minimum Gasteiger partial charge on any atom is -0.481 e. The molecule has 0 aliphatic carbocycles. The lowest BCUT2D eigenvalue weighted by atomic mass is 10.0. The molecule has 2 unspecified atom stereocenters. The Labute approximate surface area is 98.9 Å². The number of hydrogen-bond donors (Lipinski definition) is 3. The lowest BCUT2D eigenvalue weighted by Crippen LogP contribution is -2.15. The van der Waals surface area contributed by atoms with Crippen molar-refractivity contribution in [3.05, 3.63) is 24.3 Å². The number of nitrogens with zero attached hydrogens (tertiary/aromatic N) is 2. The van der Waals surface area contributed by atoms with Gasteiger partial charge >= 0.3 is 5.97 Å². The standard InChI is InChI=1S/C10H13N3O2S/c11-5-7(10(14)15)1-2-9(16)8-6-12-3-4-13-8/h3-7,9,11,16H,1-2H2,(H,14,15). The van der Waals surface area contributed by atoms with E-state index in [9.17, 15) is 4.79 Å². The Morgan fingerprint density at radius 1 is 1.56 bits per heavy atom. The maximum absolute atomic E-state index is 10.7. The van der Waals surface area contributed by atoms with E-state index in [1.54, 1.807) is 18.6 Å². The molecule has 0 aliphatic heterocycles. The second-order valence-electron chi connectivity index (χ2n) is 3.33. The lowest BCUT2D eigenvalue weighted by molar-refractivity contribution is -0.139. The van der Waals surface area contributed by atoms with E-state index in [2.05, 4.69) is 22.6 Å². The number of aliphatic carboxylic acids is 1. The van der Waals surface area contributed by atoms with Crippen LogP contribution in [0.15, 0.2) is 18.6 Å². The summed E-state index contributed by atoms with van der Waals surface area (Å²) >= 11 is 4.33. The predicted octanol–water partition coefficient (Wildman–Crippen LogP) is 1.58. The van der Waals surface area contributed by atoms with Crippen LogP contribution in [0.4, 0.5) is 0 Å². The molecular weight excluding hydrogens is 226 g/mol. The van der Waals surface area contributed by atoms with Gasteiger partial charge in [-0.2, -0.15) is 12.6 Å². The van der Waals surface area contributed by atoms with Gasteiger partial charge in [-0.15, -0.1) is 0 Å². The third-order valence-electron chi connectivity index (χ3n) is 2.19. The summed E-state index contributed by atoms with van der Waals surface area (Å²) in [7, 11) is 0. The van der Waals surface area contributed by atoms with E-state index >= 15 is 0 Å². The van der Waals surface area contributed by atoms with E-state index in [4.69, 9.17) is 10.5 Å². The zero-order chi connectivity index (χ0) is 12.0. The predicted molar refractivity (Wildman–Crippen MR) is 62.9 cm³/mol. The monoisotopic (exact) mass is 239 g/mol. The van der Waals surface area contributed by atoms with Crippen molar-refractivity contribution < 1.29 is 9.90 Å². The molecule has 1 aromatic heterocycles. The van der Waals surface area contributed by atoms with Gasteiger partial charge in [0.25, 0.3) is 0 Å². The maximum atomic E-state index is 10.7. The summed E-state index contributed by atoms with van der Waals surface area (Å²) in [5, 5.41) is 15.6. The number of aromatic nitrogens is 2. The van der Waals surface area contributed by atoms with Crippen LogP contribution in [-0.2, 0) is 4.79 Å². The van der Waals surface area contributed by atoms with E-state index in [1.807, 2.05) is 0 Å². The van der Waals surface area contributed by atoms with Crippen molar-refractivity contribution >= 4 is 24.8 Å². The molecular formula is C10H13N3O2S. The molecule has 0 spiro atoms. The van der Waals surface area contributed by atoms with Crippen LogP contribution in [0.5, 0.6) is 0 Å². The van der Waals surface area contributed by atoms with E-state index < -0.39 is 11.9 Å². The Morgan fingerprint density at radius 2 is 2.31 bits per heavy atom. The van der Waals surface area contributed by atoms with Crippen LogP contribution in [0.2, 0.25) is 0 Å². The van der Waals surface area contributed by atoms with Crippen LogP contribution in [0.1, 0.15) is 23.8 Å². The van der Waals surface area contributed by atoms with Gasteiger partial charge < -0.3 is 10.5 Å². The molecule has 0 bridgehead atoms. The summed E-state index contributed by atoms with van der Waals surface area (Å²) in [5.74, 6) is -1.72. The highest BCUT2D eigenvalue weighted by atomic mass is 32.1. The Kier molecular flexibility index (Phi) is 4.91. The molecule has 1 aromatic rings. The van der Waals surface area contributed by atoms with E-state index in [-0.39, 0.29) is 5.25 Å². The Bertz CT molecular complexity index is 358. The number of rotatable bonds is 6. The molecule has 0 aromatic carbocycles. The lowest BCUT2D eigenvalue weighted by Gasteiger charge is -2.11. The number of thiol groups is 1. The van der Waals surface area contributed by atoms with E-state index in [0.717, 1.165) is 11.9 Å². The molecule has 16 heavy (non-hydrogen) atoms. The Balaban J connectivity index is 2.49. The molecule has 2 N–H and O–H groups in total. The first-order valence-corrected chi connectivity index (χ1v) is 5.34. The molecule has 2 atom stereocenters. The molecule has 0 saturated carbocycles. The zero-order valence-electron chi connectivity index (χ0n) is 8.58. The van der Waals surface area contributed by atoms with Crippen molar-refractivity contribution in [3.8, 4) is 0 Å². The van der Waals surface area contributed by atoms with Gasteiger partial charge in [0.1, 0.15) is 0 Å². The number of carboxylic acid groups (broad SMARTS) is 1. The molecule has 1 heterocycles. The first-order chi connectivity index (χ1) is 7.65. The number of nitrogens with one attached hydrogen (secondary N) is 1. The normalized spacial score (nSPS) is 14.1. The average molecular weight is 239 g/mol. The summed E-state index contributed by atoms with van der Waals surface area (Å²) in [4.78, 5) is 18.7. The Hall–Kier alpha value is -1.43. The van der Waals surface area contributed by atoms with Gasteiger partial charge in [0.05, 0.1) is 11.6 Å². The fourth-order valence-corrected chi connectivity index (χ4v) is 1.53. The van der Waals surface area contributed by atoms with Crippen molar-refractivity contribution in [3.63, 3.8) is 0 Å². The van der Waals surface area contributed by atoms with Gasteiger partial charge in [-0.1, -0.05) is 0 Å². The SMILES string of the molecule is N=CC(CCC(S)c1cnccn1)C(=O)O. The fourth-order valence-electron chi connectivity index (χ4n) is 1.25. The second kappa shape index (κ2) is 6.22. The van der Waals surface area contributed by atoms with Crippen LogP contribution in [0, 0.1) is 11.3 Å². The summed E-state index contributed by atoms with van der Waals surface area (Å²) in [6.45, 7) is 0. The van der Waals surface area contributed by atoms with Gasteiger partial charge in [-0.25, -0.2) is 0 Å². The number of carbonyl (C=O) groups is 1. The third-order valence-corrected chi connectivity index (χ3v) is 2.72.